The van der Waals surface area contributed by atoms with E-state index in [1.165, 1.54) is 0 Å². The van der Waals surface area contributed by atoms with E-state index in [0.29, 0.717) is 27.0 Å². The monoisotopic (exact) mass is 387 g/mol. The maximum atomic E-state index is 12.7. The molecular formula is C20H19Cl2N3O. The van der Waals surface area contributed by atoms with Gasteiger partial charge in [0.2, 0.25) is 5.78 Å². The van der Waals surface area contributed by atoms with E-state index in [1.54, 1.807) is 42.5 Å². The molecule has 0 amide bonds. The van der Waals surface area contributed by atoms with Gasteiger partial charge in [0.05, 0.1) is 21.4 Å². The second kappa shape index (κ2) is 8.27. The molecule has 4 nitrogen and oxygen atoms in total. The maximum absolute atomic E-state index is 12.7. The summed E-state index contributed by atoms with van der Waals surface area (Å²) in [4.78, 5) is 17.2. The van der Waals surface area contributed by atoms with Crippen LogP contribution < -0.4 is 10.9 Å². The number of carbonyl (C=O) groups is 1. The van der Waals surface area contributed by atoms with Crippen LogP contribution in [0.1, 0.15) is 26.3 Å². The summed E-state index contributed by atoms with van der Waals surface area (Å²) >= 11 is 11.9. The predicted octanol–water partition coefficient (Wildman–Crippen LogP) is 5.24. The molecule has 134 valence electrons. The first-order chi connectivity index (χ1) is 12.2. The summed E-state index contributed by atoms with van der Waals surface area (Å²) in [5.74, 6) is 2.56. The largest absolute Gasteiger partial charge is 0.299 e. The number of hydrogen-bond donors (Lipinski definition) is 2. The third-order valence-corrected chi connectivity index (χ3v) is 4.13. The van der Waals surface area contributed by atoms with Gasteiger partial charge in [0, 0.05) is 11.0 Å². The molecule has 2 aromatic rings. The third kappa shape index (κ3) is 5.26. The number of carbonyl (C=O) groups excluding carboxylic acids is 1. The highest BCUT2D eigenvalue weighted by atomic mass is 35.5. The molecule has 0 saturated carbocycles. The number of anilines is 1. The molecule has 0 bridgehead atoms. The third-order valence-electron chi connectivity index (χ3n) is 3.39. The van der Waals surface area contributed by atoms with Crippen molar-refractivity contribution in [3.05, 3.63) is 58.1 Å². The fourth-order valence-electron chi connectivity index (χ4n) is 1.99. The molecule has 0 aliphatic carbocycles. The topological polar surface area (TPSA) is 53.5 Å². The Kier molecular flexibility index (Phi) is 6.31. The van der Waals surface area contributed by atoms with E-state index in [0.717, 1.165) is 0 Å². The van der Waals surface area contributed by atoms with Crippen LogP contribution in [0.5, 0.6) is 0 Å². The van der Waals surface area contributed by atoms with Crippen molar-refractivity contribution < 1.29 is 4.79 Å². The zero-order valence-electron chi connectivity index (χ0n) is 14.7. The van der Waals surface area contributed by atoms with Crippen LogP contribution in [0, 0.1) is 17.8 Å². The van der Waals surface area contributed by atoms with Gasteiger partial charge in [0.1, 0.15) is 0 Å². The molecule has 2 rings (SSSR count). The van der Waals surface area contributed by atoms with Crippen molar-refractivity contribution in [3.63, 3.8) is 0 Å². The Balaban J connectivity index is 2.31. The molecule has 0 aromatic heterocycles. The van der Waals surface area contributed by atoms with Crippen molar-refractivity contribution >= 4 is 46.2 Å². The minimum atomic E-state index is -0.616. The zero-order valence-corrected chi connectivity index (χ0v) is 16.2. The molecule has 0 atom stereocenters. The summed E-state index contributed by atoms with van der Waals surface area (Å²) in [7, 11) is 0. The lowest BCUT2D eigenvalue weighted by Gasteiger charge is -2.20. The number of halogens is 2. The van der Waals surface area contributed by atoms with Crippen molar-refractivity contribution in [1.29, 1.82) is 0 Å². The molecule has 2 aromatic carbocycles. The molecule has 0 radical (unpaired) electrons. The van der Waals surface area contributed by atoms with Crippen LogP contribution >= 0.6 is 23.2 Å². The van der Waals surface area contributed by atoms with Gasteiger partial charge in [-0.1, -0.05) is 56.0 Å². The first-order valence-corrected chi connectivity index (χ1v) is 8.63. The van der Waals surface area contributed by atoms with Gasteiger partial charge in [-0.25, -0.2) is 4.99 Å². The standard InChI is InChI=1S/C20H19Cl2N3O/c1-5-13-7-6-8-14(11-13)23-19(18(26)20(2,3)4)25-24-15-9-10-16(21)17(22)12-15/h1,6-12,24H,2-4H3,(H,23,25). The molecule has 2 N–H and O–H groups in total. The maximum Gasteiger partial charge on any atom is 0.204 e. The normalized spacial score (nSPS) is 11.6. The average Bonchev–Trinajstić information content (AvgIpc) is 2.60. The number of rotatable bonds is 4. The van der Waals surface area contributed by atoms with Crippen LogP contribution in [0.4, 0.5) is 11.4 Å². The van der Waals surface area contributed by atoms with Gasteiger partial charge in [0.15, 0.2) is 5.84 Å². The highest BCUT2D eigenvalue weighted by Gasteiger charge is 2.26. The molecule has 26 heavy (non-hydrogen) atoms. The SMILES string of the molecule is C#Cc1cccc(N=C(NNc2ccc(Cl)c(Cl)c2)C(=O)C(C)(C)C)c1. The number of amidine groups is 1. The van der Waals surface area contributed by atoms with Gasteiger partial charge in [0.25, 0.3) is 0 Å². The lowest BCUT2D eigenvalue weighted by Crippen LogP contribution is -2.41. The van der Waals surface area contributed by atoms with E-state index in [-0.39, 0.29) is 11.6 Å². The van der Waals surface area contributed by atoms with Gasteiger partial charge in [-0.05, 0) is 36.4 Å². The van der Waals surface area contributed by atoms with Gasteiger partial charge in [-0.3, -0.25) is 15.6 Å². The Morgan fingerprint density at radius 3 is 2.46 bits per heavy atom. The number of nitrogens with zero attached hydrogens (tertiary/aromatic N) is 1. The number of benzene rings is 2. The van der Waals surface area contributed by atoms with E-state index in [2.05, 4.69) is 21.8 Å². The molecular weight excluding hydrogens is 369 g/mol. The second-order valence-electron chi connectivity index (χ2n) is 6.61. The average molecular weight is 388 g/mol. The quantitative estimate of drug-likeness (QED) is 0.326. The summed E-state index contributed by atoms with van der Waals surface area (Å²) in [6, 6.07) is 12.1. The fraction of sp³-hybridized carbons (Fsp3) is 0.200. The van der Waals surface area contributed by atoms with Crippen LogP contribution in [0.25, 0.3) is 0 Å². The highest BCUT2D eigenvalue weighted by Crippen LogP contribution is 2.25. The number of terminal acetylenes is 1. The van der Waals surface area contributed by atoms with Crippen molar-refractivity contribution in [2.24, 2.45) is 10.4 Å². The molecule has 0 spiro atoms. The summed E-state index contributed by atoms with van der Waals surface area (Å²) in [6.07, 6.45) is 5.42. The summed E-state index contributed by atoms with van der Waals surface area (Å²) in [5.41, 5.74) is 7.10. The number of Topliss-reactive ketones (excluding diaryl/α,β-unsaturated/α-hetero) is 1. The lowest BCUT2D eigenvalue weighted by molar-refractivity contribution is -0.119. The van der Waals surface area contributed by atoms with Crippen molar-refractivity contribution in [2.45, 2.75) is 20.8 Å². The number of aliphatic imine (C=N–C) groups is 1. The molecule has 0 aliphatic rings. The van der Waals surface area contributed by atoms with Crippen molar-refractivity contribution in [1.82, 2.24) is 5.43 Å². The molecule has 0 aliphatic heterocycles. The summed E-state index contributed by atoms with van der Waals surface area (Å²) < 4.78 is 0. The van der Waals surface area contributed by atoms with Crippen LogP contribution in [-0.2, 0) is 4.79 Å². The molecule has 0 saturated heterocycles. The smallest absolute Gasteiger partial charge is 0.204 e. The van der Waals surface area contributed by atoms with E-state index in [9.17, 15) is 4.79 Å². The Bertz CT molecular complexity index is 893. The van der Waals surface area contributed by atoms with Crippen LogP contribution in [0.2, 0.25) is 10.0 Å². The van der Waals surface area contributed by atoms with Crippen LogP contribution in [0.15, 0.2) is 47.5 Å². The number of hydrazine groups is 1. The summed E-state index contributed by atoms with van der Waals surface area (Å²) in [5, 5.41) is 0.851. The van der Waals surface area contributed by atoms with Gasteiger partial charge < -0.3 is 0 Å². The fourth-order valence-corrected chi connectivity index (χ4v) is 2.29. The molecule has 6 heteroatoms. The second-order valence-corrected chi connectivity index (χ2v) is 7.43. The van der Waals surface area contributed by atoms with Gasteiger partial charge in [-0.2, -0.15) is 0 Å². The Labute approximate surface area is 163 Å². The van der Waals surface area contributed by atoms with E-state index < -0.39 is 5.41 Å². The predicted molar refractivity (Wildman–Crippen MR) is 109 cm³/mol. The van der Waals surface area contributed by atoms with E-state index in [4.69, 9.17) is 29.6 Å². The lowest BCUT2D eigenvalue weighted by atomic mass is 9.90. The Morgan fingerprint density at radius 1 is 1.12 bits per heavy atom. The zero-order chi connectivity index (χ0) is 19.3. The van der Waals surface area contributed by atoms with Gasteiger partial charge in [-0.15, -0.1) is 6.42 Å². The minimum Gasteiger partial charge on any atom is -0.299 e. The Morgan fingerprint density at radius 2 is 1.85 bits per heavy atom. The number of nitrogens with one attached hydrogen (secondary N) is 2. The number of ketones is 1. The summed E-state index contributed by atoms with van der Waals surface area (Å²) in [6.45, 7) is 5.47. The van der Waals surface area contributed by atoms with Crippen molar-refractivity contribution in [3.8, 4) is 12.3 Å². The molecule has 0 heterocycles. The van der Waals surface area contributed by atoms with E-state index in [1.807, 2.05) is 20.8 Å². The van der Waals surface area contributed by atoms with Crippen LogP contribution in [0.3, 0.4) is 0 Å². The molecule has 0 fully saturated rings. The minimum absolute atomic E-state index is 0.156. The number of hydrogen-bond acceptors (Lipinski definition) is 3. The van der Waals surface area contributed by atoms with E-state index >= 15 is 0 Å². The Hall–Kier alpha value is -2.48. The van der Waals surface area contributed by atoms with Gasteiger partial charge >= 0.3 is 0 Å². The first kappa shape index (κ1) is 19.8. The first-order valence-electron chi connectivity index (χ1n) is 7.88. The molecule has 0 unspecified atom stereocenters. The van der Waals surface area contributed by atoms with Crippen molar-refractivity contribution in [2.75, 3.05) is 5.43 Å². The highest BCUT2D eigenvalue weighted by molar-refractivity contribution is 6.42. The van der Waals surface area contributed by atoms with Crippen LogP contribution in [-0.4, -0.2) is 11.6 Å².